The van der Waals surface area contributed by atoms with E-state index in [1.165, 1.54) is 13.0 Å². The molecule has 0 aromatic heterocycles. The molecule has 0 aliphatic rings. The molecule has 0 saturated heterocycles. The minimum atomic E-state index is -3.96. The summed E-state index contributed by atoms with van der Waals surface area (Å²) in [5, 5.41) is 3.85. The summed E-state index contributed by atoms with van der Waals surface area (Å²) in [6, 6.07) is 10.7. The van der Waals surface area contributed by atoms with Gasteiger partial charge in [-0.05, 0) is 49.4 Å². The van der Waals surface area contributed by atoms with Crippen molar-refractivity contribution in [2.75, 3.05) is 10.6 Å². The molecule has 0 fully saturated rings. The van der Waals surface area contributed by atoms with Gasteiger partial charge in [0.2, 0.25) is 11.8 Å². The molecule has 0 radical (unpaired) electrons. The standard InChI is InChI=1S/C19H21FN2O4S/c1-12(2)18(23)21-15-5-4-6-16(11-15)22-19(24)13(3)27(25,26)17-9-7-14(20)8-10-17/h4-13H,1-3H3,(H,21,23)(H,22,24). The van der Waals surface area contributed by atoms with Gasteiger partial charge in [0.15, 0.2) is 9.84 Å². The number of nitrogens with one attached hydrogen (secondary N) is 2. The fourth-order valence-corrected chi connectivity index (χ4v) is 3.44. The van der Waals surface area contributed by atoms with Crippen molar-refractivity contribution < 1.29 is 22.4 Å². The van der Waals surface area contributed by atoms with Crippen LogP contribution in [0.25, 0.3) is 0 Å². The van der Waals surface area contributed by atoms with E-state index in [1.54, 1.807) is 32.0 Å². The number of carbonyl (C=O) groups is 2. The second-order valence-electron chi connectivity index (χ2n) is 6.36. The van der Waals surface area contributed by atoms with Gasteiger partial charge >= 0.3 is 0 Å². The number of benzene rings is 2. The molecule has 0 aliphatic carbocycles. The number of halogens is 1. The molecule has 0 heterocycles. The van der Waals surface area contributed by atoms with Crippen LogP contribution in [0.15, 0.2) is 53.4 Å². The van der Waals surface area contributed by atoms with Gasteiger partial charge in [-0.2, -0.15) is 0 Å². The van der Waals surface area contributed by atoms with E-state index in [-0.39, 0.29) is 16.7 Å². The number of rotatable bonds is 6. The van der Waals surface area contributed by atoms with E-state index in [0.717, 1.165) is 24.3 Å². The van der Waals surface area contributed by atoms with Gasteiger partial charge in [-0.25, -0.2) is 12.8 Å². The Bertz CT molecular complexity index is 940. The number of hydrogen-bond acceptors (Lipinski definition) is 4. The van der Waals surface area contributed by atoms with Gasteiger partial charge in [0.1, 0.15) is 11.1 Å². The first-order chi connectivity index (χ1) is 12.6. The highest BCUT2D eigenvalue weighted by Crippen LogP contribution is 2.20. The maximum atomic E-state index is 13.0. The molecule has 27 heavy (non-hydrogen) atoms. The molecule has 1 unspecified atom stereocenters. The summed E-state index contributed by atoms with van der Waals surface area (Å²) in [6.45, 7) is 4.77. The van der Waals surface area contributed by atoms with Crippen molar-refractivity contribution in [2.24, 2.45) is 5.92 Å². The van der Waals surface area contributed by atoms with Crippen LogP contribution < -0.4 is 10.6 Å². The van der Waals surface area contributed by atoms with Gasteiger partial charge in [-0.1, -0.05) is 19.9 Å². The average Bonchev–Trinajstić information content (AvgIpc) is 2.61. The van der Waals surface area contributed by atoms with E-state index < -0.39 is 26.8 Å². The van der Waals surface area contributed by atoms with E-state index in [1.807, 2.05) is 0 Å². The van der Waals surface area contributed by atoms with Crippen LogP contribution in [0.5, 0.6) is 0 Å². The van der Waals surface area contributed by atoms with E-state index in [2.05, 4.69) is 10.6 Å². The Labute approximate surface area is 157 Å². The first-order valence-electron chi connectivity index (χ1n) is 8.32. The predicted octanol–water partition coefficient (Wildman–Crippen LogP) is 3.22. The fraction of sp³-hybridized carbons (Fsp3) is 0.263. The summed E-state index contributed by atoms with van der Waals surface area (Å²) in [5.74, 6) is -1.67. The Hall–Kier alpha value is -2.74. The number of sulfone groups is 1. The minimum Gasteiger partial charge on any atom is -0.326 e. The maximum absolute atomic E-state index is 13.0. The van der Waals surface area contributed by atoms with Crippen LogP contribution in [-0.2, 0) is 19.4 Å². The van der Waals surface area contributed by atoms with Gasteiger partial charge in [0.05, 0.1) is 4.90 Å². The van der Waals surface area contributed by atoms with E-state index >= 15 is 0 Å². The normalized spacial score (nSPS) is 12.5. The maximum Gasteiger partial charge on any atom is 0.242 e. The lowest BCUT2D eigenvalue weighted by molar-refractivity contribution is -0.119. The highest BCUT2D eigenvalue weighted by molar-refractivity contribution is 7.92. The first kappa shape index (κ1) is 20.6. The second kappa shape index (κ2) is 8.30. The SMILES string of the molecule is CC(C)C(=O)Nc1cccc(NC(=O)C(C)S(=O)(=O)c2ccc(F)cc2)c1. The molecule has 2 amide bonds. The smallest absolute Gasteiger partial charge is 0.242 e. The summed E-state index contributed by atoms with van der Waals surface area (Å²) in [7, 11) is -3.96. The van der Waals surface area contributed by atoms with Crippen LogP contribution in [0.4, 0.5) is 15.8 Å². The van der Waals surface area contributed by atoms with Crippen LogP contribution in [0.2, 0.25) is 0 Å². The summed E-state index contributed by atoms with van der Waals surface area (Å²) >= 11 is 0. The van der Waals surface area contributed by atoms with Crippen molar-refractivity contribution in [1.82, 2.24) is 0 Å². The predicted molar refractivity (Wildman–Crippen MR) is 102 cm³/mol. The largest absolute Gasteiger partial charge is 0.326 e. The van der Waals surface area contributed by atoms with Crippen LogP contribution in [0.1, 0.15) is 20.8 Å². The zero-order valence-corrected chi connectivity index (χ0v) is 16.0. The average molecular weight is 392 g/mol. The van der Waals surface area contributed by atoms with E-state index in [4.69, 9.17) is 0 Å². The lowest BCUT2D eigenvalue weighted by Gasteiger charge is -2.14. The minimum absolute atomic E-state index is 0.135. The monoisotopic (exact) mass is 392 g/mol. The molecule has 6 nitrogen and oxygen atoms in total. The molecule has 8 heteroatoms. The van der Waals surface area contributed by atoms with E-state index in [9.17, 15) is 22.4 Å². The summed E-state index contributed by atoms with van der Waals surface area (Å²) in [5.41, 5.74) is 0.836. The molecular formula is C19H21FN2O4S. The molecule has 0 spiro atoms. The molecule has 2 aromatic rings. The topological polar surface area (TPSA) is 92.3 Å². The summed E-state index contributed by atoms with van der Waals surface area (Å²) < 4.78 is 38.0. The van der Waals surface area contributed by atoms with Crippen molar-refractivity contribution in [3.05, 3.63) is 54.3 Å². The van der Waals surface area contributed by atoms with Gasteiger partial charge in [-0.15, -0.1) is 0 Å². The van der Waals surface area contributed by atoms with Gasteiger partial charge in [-0.3, -0.25) is 9.59 Å². The molecule has 144 valence electrons. The molecular weight excluding hydrogens is 371 g/mol. The molecule has 2 N–H and O–H groups in total. The Morgan fingerprint density at radius 3 is 1.93 bits per heavy atom. The first-order valence-corrected chi connectivity index (χ1v) is 9.87. The van der Waals surface area contributed by atoms with Gasteiger partial charge in [0, 0.05) is 17.3 Å². The third-order valence-electron chi connectivity index (χ3n) is 3.90. The number of hydrogen-bond donors (Lipinski definition) is 2. The lowest BCUT2D eigenvalue weighted by Crippen LogP contribution is -2.32. The van der Waals surface area contributed by atoms with Crippen molar-refractivity contribution >= 4 is 33.0 Å². The van der Waals surface area contributed by atoms with E-state index in [0.29, 0.717) is 11.4 Å². The molecule has 0 aliphatic heterocycles. The molecule has 2 rings (SSSR count). The van der Waals surface area contributed by atoms with Gasteiger partial charge < -0.3 is 10.6 Å². The lowest BCUT2D eigenvalue weighted by atomic mass is 10.2. The van der Waals surface area contributed by atoms with Crippen molar-refractivity contribution in [3.8, 4) is 0 Å². The Balaban J connectivity index is 2.14. The second-order valence-corrected chi connectivity index (χ2v) is 8.62. The zero-order chi connectivity index (χ0) is 20.2. The van der Waals surface area contributed by atoms with Crippen LogP contribution >= 0.6 is 0 Å². The van der Waals surface area contributed by atoms with Crippen LogP contribution in [0, 0.1) is 11.7 Å². The third-order valence-corrected chi connectivity index (χ3v) is 5.97. The van der Waals surface area contributed by atoms with Crippen molar-refractivity contribution in [3.63, 3.8) is 0 Å². The van der Waals surface area contributed by atoms with Crippen LogP contribution in [-0.4, -0.2) is 25.5 Å². The van der Waals surface area contributed by atoms with Crippen LogP contribution in [0.3, 0.4) is 0 Å². The highest BCUT2D eigenvalue weighted by Gasteiger charge is 2.29. The summed E-state index contributed by atoms with van der Waals surface area (Å²) in [4.78, 5) is 24.0. The van der Waals surface area contributed by atoms with Crippen molar-refractivity contribution in [2.45, 2.75) is 30.9 Å². The Morgan fingerprint density at radius 1 is 0.889 bits per heavy atom. The van der Waals surface area contributed by atoms with Crippen molar-refractivity contribution in [1.29, 1.82) is 0 Å². The fourth-order valence-electron chi connectivity index (χ4n) is 2.17. The molecule has 1 atom stereocenters. The Morgan fingerprint density at radius 2 is 1.41 bits per heavy atom. The van der Waals surface area contributed by atoms with Gasteiger partial charge in [0.25, 0.3) is 0 Å². The molecule has 2 aromatic carbocycles. The summed E-state index contributed by atoms with van der Waals surface area (Å²) in [6.07, 6.45) is 0. The highest BCUT2D eigenvalue weighted by atomic mass is 32.2. The molecule has 0 bridgehead atoms. The Kier molecular flexibility index (Phi) is 6.32. The zero-order valence-electron chi connectivity index (χ0n) is 15.2. The number of anilines is 2. The molecule has 0 saturated carbocycles. The number of carbonyl (C=O) groups excluding carboxylic acids is 2. The number of amides is 2. The quantitative estimate of drug-likeness (QED) is 0.739. The third kappa shape index (κ3) is 5.13.